The number of aromatic hydroxyl groups is 1. The van der Waals surface area contributed by atoms with Gasteiger partial charge < -0.3 is 24.6 Å². The van der Waals surface area contributed by atoms with Gasteiger partial charge in [-0.15, -0.1) is 0 Å². The van der Waals surface area contributed by atoms with E-state index in [1.807, 2.05) is 6.92 Å². The average Bonchev–Trinajstić information content (AvgIpc) is 2.71. The molecule has 0 fully saturated rings. The van der Waals surface area contributed by atoms with Crippen LogP contribution in [0.2, 0.25) is 0 Å². The summed E-state index contributed by atoms with van der Waals surface area (Å²) in [4.78, 5) is 38.0. The van der Waals surface area contributed by atoms with E-state index in [0.717, 1.165) is 18.4 Å². The van der Waals surface area contributed by atoms with Crippen LogP contribution in [0.3, 0.4) is 0 Å². The summed E-state index contributed by atoms with van der Waals surface area (Å²) >= 11 is 0. The Balaban J connectivity index is 2.95. The molecule has 1 aromatic rings. The average molecular weight is 494 g/mol. The summed E-state index contributed by atoms with van der Waals surface area (Å²) in [7, 11) is 0. The number of alkyl carbamates (subject to hydrolysis) is 1. The zero-order chi connectivity index (χ0) is 26.6. The predicted molar refractivity (Wildman–Crippen MR) is 134 cm³/mol. The molecular formula is C27H43NO7. The molecular weight excluding hydrogens is 450 g/mol. The van der Waals surface area contributed by atoms with Crippen molar-refractivity contribution in [2.45, 2.75) is 104 Å². The van der Waals surface area contributed by atoms with Gasteiger partial charge in [0, 0.05) is 0 Å². The topological polar surface area (TPSA) is 111 Å². The first-order valence-electron chi connectivity index (χ1n) is 12.4. The minimum Gasteiger partial charge on any atom is -0.508 e. The van der Waals surface area contributed by atoms with Crippen molar-refractivity contribution in [3.05, 3.63) is 29.8 Å². The fourth-order valence-corrected chi connectivity index (χ4v) is 3.25. The minimum atomic E-state index is -0.957. The highest BCUT2D eigenvalue weighted by atomic mass is 16.6. The number of carbonyl (C=O) groups excluding carboxylic acids is 3. The molecule has 0 radical (unpaired) electrons. The van der Waals surface area contributed by atoms with Crippen molar-refractivity contribution in [1.29, 1.82) is 0 Å². The number of hydrogen-bond donors (Lipinski definition) is 2. The summed E-state index contributed by atoms with van der Waals surface area (Å²) in [6.07, 6.45) is 2.50. The van der Waals surface area contributed by atoms with Crippen molar-refractivity contribution >= 4 is 18.0 Å². The lowest BCUT2D eigenvalue weighted by atomic mass is 9.93. The van der Waals surface area contributed by atoms with E-state index in [2.05, 4.69) is 5.32 Å². The van der Waals surface area contributed by atoms with Crippen LogP contribution in [0, 0.1) is 5.92 Å². The first-order chi connectivity index (χ1) is 16.2. The molecule has 0 spiro atoms. The van der Waals surface area contributed by atoms with Crippen LogP contribution in [0.15, 0.2) is 24.3 Å². The quantitative estimate of drug-likeness (QED) is 0.231. The fourth-order valence-electron chi connectivity index (χ4n) is 3.25. The van der Waals surface area contributed by atoms with E-state index >= 15 is 0 Å². The van der Waals surface area contributed by atoms with E-state index in [1.54, 1.807) is 65.8 Å². The van der Waals surface area contributed by atoms with Gasteiger partial charge in [0.05, 0.1) is 12.5 Å². The van der Waals surface area contributed by atoms with Gasteiger partial charge in [-0.25, -0.2) is 9.59 Å². The zero-order valence-electron chi connectivity index (χ0n) is 22.3. The number of rotatable bonds is 12. The second-order valence-electron chi connectivity index (χ2n) is 10.7. The van der Waals surface area contributed by atoms with Crippen molar-refractivity contribution in [2.24, 2.45) is 5.92 Å². The van der Waals surface area contributed by atoms with Gasteiger partial charge in [-0.1, -0.05) is 25.5 Å². The molecule has 1 amide bonds. The fraction of sp³-hybridized carbons (Fsp3) is 0.667. The third-order valence-corrected chi connectivity index (χ3v) is 4.98. The number of nitrogens with one attached hydrogen (secondary N) is 1. The number of hydrogen-bond acceptors (Lipinski definition) is 7. The molecule has 35 heavy (non-hydrogen) atoms. The smallest absolute Gasteiger partial charge is 0.407 e. The summed E-state index contributed by atoms with van der Waals surface area (Å²) < 4.78 is 16.3. The number of phenols is 1. The van der Waals surface area contributed by atoms with Gasteiger partial charge in [-0.05, 0) is 91.3 Å². The SMILES string of the molecule is CCCCOC(=O)NC(CCC(CCc1ccc(O)cc1)C(=O)OC(C)(C)C)C(=O)OC(C)(C)C. The number of esters is 2. The van der Waals surface area contributed by atoms with Crippen LogP contribution in [0.25, 0.3) is 0 Å². The predicted octanol–water partition coefficient (Wildman–Crippen LogP) is 5.30. The molecule has 1 rings (SSSR count). The molecule has 2 atom stereocenters. The van der Waals surface area contributed by atoms with Gasteiger partial charge in [0.25, 0.3) is 0 Å². The summed E-state index contributed by atoms with van der Waals surface area (Å²) in [5, 5.41) is 12.1. The molecule has 2 unspecified atom stereocenters. The first-order valence-corrected chi connectivity index (χ1v) is 12.4. The number of carbonyl (C=O) groups is 3. The number of amides is 1. The van der Waals surface area contributed by atoms with Crippen molar-refractivity contribution in [3.63, 3.8) is 0 Å². The lowest BCUT2D eigenvalue weighted by Crippen LogP contribution is -2.45. The lowest BCUT2D eigenvalue weighted by Gasteiger charge is -2.27. The van der Waals surface area contributed by atoms with Crippen molar-refractivity contribution in [3.8, 4) is 5.75 Å². The standard InChI is InChI=1S/C27H43NO7/c1-8-9-18-33-25(32)28-22(24(31)35-27(5,6)7)17-14-20(23(30)34-26(2,3)4)13-10-19-11-15-21(29)16-12-19/h11-12,15-16,20,22,29H,8-10,13-14,17-18H2,1-7H3,(H,28,32). The van der Waals surface area contributed by atoms with E-state index in [-0.39, 0.29) is 24.7 Å². The Morgan fingerprint density at radius 3 is 2.00 bits per heavy atom. The maximum absolute atomic E-state index is 13.0. The zero-order valence-corrected chi connectivity index (χ0v) is 22.3. The highest BCUT2D eigenvalue weighted by Crippen LogP contribution is 2.23. The molecule has 2 N–H and O–H groups in total. The number of benzene rings is 1. The molecule has 0 aliphatic rings. The van der Waals surface area contributed by atoms with Crippen LogP contribution in [-0.4, -0.2) is 47.0 Å². The van der Waals surface area contributed by atoms with E-state index in [1.165, 1.54) is 0 Å². The normalized spacial score (nSPS) is 13.5. The number of ether oxygens (including phenoxy) is 3. The van der Waals surface area contributed by atoms with Crippen LogP contribution >= 0.6 is 0 Å². The molecule has 0 aromatic heterocycles. The second kappa shape index (κ2) is 14.0. The van der Waals surface area contributed by atoms with Crippen molar-refractivity contribution in [1.82, 2.24) is 5.32 Å². The second-order valence-corrected chi connectivity index (χ2v) is 10.7. The van der Waals surface area contributed by atoms with E-state index in [9.17, 15) is 19.5 Å². The molecule has 0 saturated heterocycles. The molecule has 198 valence electrons. The van der Waals surface area contributed by atoms with Crippen LogP contribution in [0.4, 0.5) is 4.79 Å². The van der Waals surface area contributed by atoms with Crippen LogP contribution < -0.4 is 5.32 Å². The third kappa shape index (κ3) is 13.6. The summed E-state index contributed by atoms with van der Waals surface area (Å²) in [6.45, 7) is 12.9. The Kier molecular flexibility index (Phi) is 12.1. The molecule has 8 heteroatoms. The molecule has 0 bridgehead atoms. The highest BCUT2D eigenvalue weighted by molar-refractivity contribution is 5.81. The Hall–Kier alpha value is -2.77. The maximum atomic E-state index is 13.0. The summed E-state index contributed by atoms with van der Waals surface area (Å²) in [6, 6.07) is 5.86. The van der Waals surface area contributed by atoms with Gasteiger partial charge in [-0.3, -0.25) is 4.79 Å². The van der Waals surface area contributed by atoms with Crippen LogP contribution in [-0.2, 0) is 30.2 Å². The van der Waals surface area contributed by atoms with Gasteiger partial charge in [0.1, 0.15) is 23.0 Å². The molecule has 1 aromatic carbocycles. The van der Waals surface area contributed by atoms with Gasteiger partial charge in [-0.2, -0.15) is 0 Å². The Bertz CT molecular complexity index is 806. The molecule has 8 nitrogen and oxygen atoms in total. The van der Waals surface area contributed by atoms with E-state index in [0.29, 0.717) is 19.3 Å². The lowest BCUT2D eigenvalue weighted by molar-refractivity contribution is -0.162. The Labute approximate surface area is 209 Å². The Morgan fingerprint density at radius 2 is 1.46 bits per heavy atom. The van der Waals surface area contributed by atoms with Crippen molar-refractivity contribution in [2.75, 3.05) is 6.61 Å². The summed E-state index contributed by atoms with van der Waals surface area (Å²) in [5.74, 6) is -1.25. The van der Waals surface area contributed by atoms with E-state index in [4.69, 9.17) is 14.2 Å². The number of unbranched alkanes of at least 4 members (excludes halogenated alkanes) is 1. The van der Waals surface area contributed by atoms with Gasteiger partial charge in [0.15, 0.2) is 0 Å². The number of aryl methyl sites for hydroxylation is 1. The molecule has 0 aliphatic heterocycles. The monoisotopic (exact) mass is 493 g/mol. The molecule has 0 aliphatic carbocycles. The highest BCUT2D eigenvalue weighted by Gasteiger charge is 2.31. The van der Waals surface area contributed by atoms with Crippen LogP contribution in [0.5, 0.6) is 5.75 Å². The maximum Gasteiger partial charge on any atom is 0.407 e. The van der Waals surface area contributed by atoms with Crippen LogP contribution in [0.1, 0.15) is 86.1 Å². The Morgan fingerprint density at radius 1 is 0.886 bits per heavy atom. The third-order valence-electron chi connectivity index (χ3n) is 4.98. The first kappa shape index (κ1) is 30.3. The van der Waals surface area contributed by atoms with Gasteiger partial charge >= 0.3 is 18.0 Å². The number of phenolic OH excluding ortho intramolecular Hbond substituents is 1. The largest absolute Gasteiger partial charge is 0.508 e. The summed E-state index contributed by atoms with van der Waals surface area (Å²) in [5.41, 5.74) is -0.413. The molecule has 0 saturated carbocycles. The van der Waals surface area contributed by atoms with Gasteiger partial charge in [0.2, 0.25) is 0 Å². The van der Waals surface area contributed by atoms with E-state index < -0.39 is 35.2 Å². The minimum absolute atomic E-state index is 0.176. The molecule has 0 heterocycles. The van der Waals surface area contributed by atoms with Crippen molar-refractivity contribution < 1.29 is 33.7 Å².